The molecule has 9 heteroatoms. The van der Waals surface area contributed by atoms with E-state index in [0.717, 1.165) is 64.9 Å². The van der Waals surface area contributed by atoms with Crippen molar-refractivity contribution in [1.29, 1.82) is 0 Å². The predicted octanol–water partition coefficient (Wildman–Crippen LogP) is 3.78. The number of piperidine rings is 2. The third-order valence-corrected chi connectivity index (χ3v) is 8.94. The molecule has 9 nitrogen and oxygen atoms in total. The highest BCUT2D eigenvalue weighted by atomic mass is 16.6. The Bertz CT molecular complexity index is 1560. The van der Waals surface area contributed by atoms with Crippen molar-refractivity contribution in [1.82, 2.24) is 19.4 Å². The Morgan fingerprint density at radius 3 is 2.62 bits per heavy atom. The van der Waals surface area contributed by atoms with Gasteiger partial charge in [0.1, 0.15) is 12.4 Å². The van der Waals surface area contributed by atoms with Gasteiger partial charge in [-0.15, -0.1) is 0 Å². The molecule has 0 aliphatic carbocycles. The Hall–Kier alpha value is -3.72. The van der Waals surface area contributed by atoms with Gasteiger partial charge in [-0.05, 0) is 81.1 Å². The van der Waals surface area contributed by atoms with Crippen molar-refractivity contribution in [3.8, 4) is 17.1 Å². The summed E-state index contributed by atoms with van der Waals surface area (Å²) in [5, 5.41) is 0.895. The van der Waals surface area contributed by atoms with Gasteiger partial charge in [0.15, 0.2) is 0 Å². The molecular formula is C30H32N4O5. The smallest absolute Gasteiger partial charge is 0.415 e. The monoisotopic (exact) mass is 528 g/mol. The van der Waals surface area contributed by atoms with Crippen molar-refractivity contribution in [2.24, 2.45) is 0 Å². The van der Waals surface area contributed by atoms with Gasteiger partial charge in [0.05, 0.1) is 35.4 Å². The van der Waals surface area contributed by atoms with E-state index in [1.165, 1.54) is 32.4 Å². The fourth-order valence-corrected chi connectivity index (χ4v) is 6.69. The van der Waals surface area contributed by atoms with Crippen molar-refractivity contribution in [3.63, 3.8) is 0 Å². The Balaban J connectivity index is 1.11. The molecule has 0 atom stereocenters. The number of rotatable bonds is 2. The number of ether oxygens (including phenoxy) is 2. The summed E-state index contributed by atoms with van der Waals surface area (Å²) in [7, 11) is 0. The Kier molecular flexibility index (Phi) is 5.91. The average molecular weight is 529 g/mol. The maximum atomic E-state index is 13.2. The first kappa shape index (κ1) is 24.3. The van der Waals surface area contributed by atoms with Crippen LogP contribution in [0.1, 0.15) is 54.4 Å². The van der Waals surface area contributed by atoms with Gasteiger partial charge in [-0.25, -0.2) is 9.78 Å². The maximum absolute atomic E-state index is 13.2. The highest BCUT2D eigenvalue weighted by Gasteiger charge is 2.31. The molecule has 2 fully saturated rings. The molecule has 0 saturated carbocycles. The third kappa shape index (κ3) is 4.19. The first-order valence-electron chi connectivity index (χ1n) is 14.0. The minimum atomic E-state index is -0.318. The molecule has 0 N–H and O–H groups in total. The van der Waals surface area contributed by atoms with E-state index in [2.05, 4.69) is 4.90 Å². The quantitative estimate of drug-likeness (QED) is 0.366. The van der Waals surface area contributed by atoms with Crippen LogP contribution in [-0.2, 0) is 29.1 Å². The number of aromatic nitrogens is 2. The lowest BCUT2D eigenvalue weighted by Gasteiger charge is -2.39. The number of likely N-dealkylation sites (tertiary alicyclic amines) is 2. The first-order chi connectivity index (χ1) is 19.0. The molecule has 0 bridgehead atoms. The van der Waals surface area contributed by atoms with E-state index >= 15 is 0 Å². The second-order valence-corrected chi connectivity index (χ2v) is 11.2. The normalized spacial score (nSPS) is 19.4. The number of cyclic esters (lactones) is 1. The minimum Gasteiger partial charge on any atom is -0.460 e. The van der Waals surface area contributed by atoms with Crippen LogP contribution in [0.5, 0.6) is 5.75 Å². The number of fused-ring (bicyclic) bond motifs is 5. The number of esters is 1. The summed E-state index contributed by atoms with van der Waals surface area (Å²) in [5.41, 5.74) is 5.37. The number of aryl methyl sites for hydroxylation is 1. The molecule has 1 aromatic carbocycles. The number of nitrogens with zero attached hydrogens (tertiary/aromatic N) is 4. The number of pyridine rings is 2. The molecule has 1 amide bonds. The second-order valence-electron chi connectivity index (χ2n) is 11.2. The topological polar surface area (TPSA) is 94.0 Å². The highest BCUT2D eigenvalue weighted by molar-refractivity contribution is 5.89. The van der Waals surface area contributed by atoms with Crippen LogP contribution in [0.3, 0.4) is 0 Å². The number of hydrogen-bond donors (Lipinski definition) is 0. The summed E-state index contributed by atoms with van der Waals surface area (Å²) in [4.78, 5) is 47.3. The van der Waals surface area contributed by atoms with Crippen LogP contribution in [0.2, 0.25) is 0 Å². The van der Waals surface area contributed by atoms with Gasteiger partial charge in [0.2, 0.25) is 0 Å². The number of hydrogen-bond acceptors (Lipinski definition) is 7. The zero-order valence-corrected chi connectivity index (χ0v) is 22.2. The van der Waals surface area contributed by atoms with Gasteiger partial charge < -0.3 is 23.8 Å². The Labute approximate surface area is 226 Å². The first-order valence-corrected chi connectivity index (χ1v) is 14.0. The molecule has 0 radical (unpaired) electrons. The standard InChI is InChI=1S/C30H32N4O5/c1-18-22-15-21(39-30(37)33-11-7-20(8-12-33)32-9-3-2-4-10-32)5-6-25(22)31-28-23(18)16-34-26(28)13-19-14-27(35)38-17-24(19)29(34)36/h5-6,13,15,20H,2-4,7-12,14,16-17H2,1H3. The molecule has 7 rings (SSSR count). The molecule has 4 aliphatic heterocycles. The molecule has 0 spiro atoms. The summed E-state index contributed by atoms with van der Waals surface area (Å²) in [6.45, 7) is 6.24. The predicted molar refractivity (Wildman–Crippen MR) is 145 cm³/mol. The summed E-state index contributed by atoms with van der Waals surface area (Å²) in [6.07, 6.45) is 5.67. The molecular weight excluding hydrogens is 496 g/mol. The number of carbonyl (C=O) groups is 2. The van der Waals surface area contributed by atoms with Crippen molar-refractivity contribution in [2.45, 2.75) is 64.6 Å². The van der Waals surface area contributed by atoms with Crippen LogP contribution in [-0.4, -0.2) is 63.6 Å². The number of carbonyl (C=O) groups excluding carboxylic acids is 2. The van der Waals surface area contributed by atoms with E-state index in [4.69, 9.17) is 14.5 Å². The number of amides is 1. The van der Waals surface area contributed by atoms with Crippen molar-refractivity contribution in [2.75, 3.05) is 26.2 Å². The van der Waals surface area contributed by atoms with Crippen LogP contribution in [0, 0.1) is 6.92 Å². The van der Waals surface area contributed by atoms with Crippen LogP contribution in [0.15, 0.2) is 29.1 Å². The fourth-order valence-electron chi connectivity index (χ4n) is 6.69. The van der Waals surface area contributed by atoms with Gasteiger partial charge in [-0.1, -0.05) is 6.42 Å². The van der Waals surface area contributed by atoms with Gasteiger partial charge in [0, 0.05) is 30.1 Å². The molecule has 2 aromatic heterocycles. The summed E-state index contributed by atoms with van der Waals surface area (Å²) in [5.74, 6) is 0.176. The largest absolute Gasteiger partial charge is 0.460 e. The molecule has 4 aliphatic rings. The molecule has 2 saturated heterocycles. The lowest BCUT2D eigenvalue weighted by atomic mass is 10.00. The second kappa shape index (κ2) is 9.48. The molecule has 0 unspecified atom stereocenters. The zero-order chi connectivity index (χ0) is 26.7. The maximum Gasteiger partial charge on any atom is 0.415 e. The van der Waals surface area contributed by atoms with E-state index in [1.54, 1.807) is 10.6 Å². The molecule has 3 aromatic rings. The van der Waals surface area contributed by atoms with Crippen LogP contribution >= 0.6 is 0 Å². The Morgan fingerprint density at radius 1 is 1.03 bits per heavy atom. The average Bonchev–Trinajstić information content (AvgIpc) is 3.33. The van der Waals surface area contributed by atoms with Gasteiger partial charge in [-0.3, -0.25) is 9.59 Å². The summed E-state index contributed by atoms with van der Waals surface area (Å²) in [6, 6.07) is 8.00. The zero-order valence-electron chi connectivity index (χ0n) is 22.2. The van der Waals surface area contributed by atoms with E-state index in [0.29, 0.717) is 23.9 Å². The molecule has 39 heavy (non-hydrogen) atoms. The SMILES string of the molecule is Cc1c2c(nc3ccc(OC(=O)N4CCC(N5CCCCC5)CC4)cc13)-c1cc3c(c(=O)n1C2)COC(=O)C3. The van der Waals surface area contributed by atoms with Crippen LogP contribution < -0.4 is 10.3 Å². The van der Waals surface area contributed by atoms with E-state index in [-0.39, 0.29) is 30.6 Å². The van der Waals surface area contributed by atoms with Crippen molar-refractivity contribution < 1.29 is 19.1 Å². The van der Waals surface area contributed by atoms with Crippen LogP contribution in [0.25, 0.3) is 22.3 Å². The fraction of sp³-hybridized carbons (Fsp3) is 0.467. The third-order valence-electron chi connectivity index (χ3n) is 8.94. The van der Waals surface area contributed by atoms with Gasteiger partial charge in [-0.2, -0.15) is 0 Å². The van der Waals surface area contributed by atoms with Crippen LogP contribution in [0.4, 0.5) is 4.79 Å². The van der Waals surface area contributed by atoms with E-state index in [9.17, 15) is 14.4 Å². The lowest BCUT2D eigenvalue weighted by Crippen LogP contribution is -2.48. The Morgan fingerprint density at radius 2 is 1.82 bits per heavy atom. The summed E-state index contributed by atoms with van der Waals surface area (Å²) >= 11 is 0. The number of benzene rings is 1. The van der Waals surface area contributed by atoms with Crippen molar-refractivity contribution in [3.05, 3.63) is 56.9 Å². The van der Waals surface area contributed by atoms with Gasteiger partial charge >= 0.3 is 12.1 Å². The van der Waals surface area contributed by atoms with E-state index in [1.807, 2.05) is 30.0 Å². The van der Waals surface area contributed by atoms with E-state index < -0.39 is 0 Å². The minimum absolute atomic E-state index is 0.0165. The molecule has 202 valence electrons. The highest BCUT2D eigenvalue weighted by Crippen LogP contribution is 2.37. The van der Waals surface area contributed by atoms with Crippen molar-refractivity contribution >= 4 is 23.0 Å². The molecule has 6 heterocycles. The lowest BCUT2D eigenvalue weighted by molar-refractivity contribution is -0.145. The summed E-state index contributed by atoms with van der Waals surface area (Å²) < 4.78 is 12.7. The van der Waals surface area contributed by atoms with Gasteiger partial charge in [0.25, 0.3) is 5.56 Å².